The maximum Gasteiger partial charge on any atom is 0.0856 e. The van der Waals surface area contributed by atoms with Gasteiger partial charge in [-0.15, -0.1) is 0 Å². The second-order valence-corrected chi connectivity index (χ2v) is 5.69. The summed E-state index contributed by atoms with van der Waals surface area (Å²) < 4.78 is 0. The van der Waals surface area contributed by atoms with Crippen molar-refractivity contribution in [2.75, 3.05) is 20.1 Å². The van der Waals surface area contributed by atoms with Crippen LogP contribution in [0.15, 0.2) is 0 Å². The highest BCUT2D eigenvalue weighted by atomic mass is 16.3. The fourth-order valence-corrected chi connectivity index (χ4v) is 3.57. The van der Waals surface area contributed by atoms with E-state index in [1.807, 2.05) is 0 Å². The highest BCUT2D eigenvalue weighted by Crippen LogP contribution is 2.50. The van der Waals surface area contributed by atoms with Crippen molar-refractivity contribution in [3.05, 3.63) is 0 Å². The fourth-order valence-electron chi connectivity index (χ4n) is 3.57. The minimum absolute atomic E-state index is 0.00597. The first kappa shape index (κ1) is 11.4. The Morgan fingerprint density at radius 2 is 2.00 bits per heavy atom. The molecular weight excluding hydrogens is 188 g/mol. The zero-order chi connectivity index (χ0) is 11.1. The molecule has 0 aromatic carbocycles. The molecular formula is C12H24N2O. The molecule has 1 saturated heterocycles. The lowest BCUT2D eigenvalue weighted by Crippen LogP contribution is -2.52. The van der Waals surface area contributed by atoms with Crippen molar-refractivity contribution < 1.29 is 5.11 Å². The smallest absolute Gasteiger partial charge is 0.0856 e. The van der Waals surface area contributed by atoms with Crippen LogP contribution in [0.3, 0.4) is 0 Å². The van der Waals surface area contributed by atoms with Crippen molar-refractivity contribution >= 4 is 0 Å². The Hall–Kier alpha value is -0.120. The van der Waals surface area contributed by atoms with Crippen LogP contribution in [0.5, 0.6) is 0 Å². The molecule has 1 aliphatic heterocycles. The van der Waals surface area contributed by atoms with Gasteiger partial charge in [0.05, 0.1) is 5.60 Å². The third-order valence-corrected chi connectivity index (χ3v) is 4.84. The molecule has 2 aliphatic rings. The maximum absolute atomic E-state index is 10.9. The van der Waals surface area contributed by atoms with Crippen molar-refractivity contribution in [2.45, 2.75) is 50.7 Å². The zero-order valence-electron chi connectivity index (χ0n) is 10.00. The quantitative estimate of drug-likeness (QED) is 0.717. The minimum atomic E-state index is -0.535. The van der Waals surface area contributed by atoms with Crippen LogP contribution in [0.4, 0.5) is 0 Å². The van der Waals surface area contributed by atoms with Crippen molar-refractivity contribution in [3.8, 4) is 0 Å². The highest BCUT2D eigenvalue weighted by molar-refractivity contribution is 5.08. The minimum Gasteiger partial charge on any atom is -0.388 e. The van der Waals surface area contributed by atoms with E-state index >= 15 is 0 Å². The fraction of sp³-hybridized carbons (Fsp3) is 1.00. The third-order valence-electron chi connectivity index (χ3n) is 4.84. The molecule has 0 radical (unpaired) electrons. The van der Waals surface area contributed by atoms with Gasteiger partial charge in [-0.3, -0.25) is 0 Å². The number of β-amino-alcohol motifs (C(OH)–C–C–N with tert-alkyl or cyclic N) is 1. The Labute approximate surface area is 92.6 Å². The van der Waals surface area contributed by atoms with Gasteiger partial charge in [-0.05, 0) is 33.2 Å². The third kappa shape index (κ3) is 1.61. The summed E-state index contributed by atoms with van der Waals surface area (Å²) in [6.07, 6.45) is 5.58. The Morgan fingerprint density at radius 3 is 2.40 bits per heavy atom. The van der Waals surface area contributed by atoms with Crippen molar-refractivity contribution in [1.82, 2.24) is 4.90 Å². The topological polar surface area (TPSA) is 49.5 Å². The first-order valence-corrected chi connectivity index (χ1v) is 6.16. The molecule has 3 nitrogen and oxygen atoms in total. The standard InChI is InChI=1S/C12H24N2O/c1-10-7-12(15,9-14(10)2)11(8-13)5-3-4-6-11/h10,15H,3-9,13H2,1-2H3. The van der Waals surface area contributed by atoms with Crippen molar-refractivity contribution in [1.29, 1.82) is 0 Å². The monoisotopic (exact) mass is 212 g/mol. The van der Waals surface area contributed by atoms with E-state index < -0.39 is 5.60 Å². The SMILES string of the molecule is CC1CC(O)(C2(CN)CCCC2)CN1C. The predicted molar refractivity (Wildman–Crippen MR) is 61.6 cm³/mol. The summed E-state index contributed by atoms with van der Waals surface area (Å²) in [5.41, 5.74) is 5.42. The van der Waals surface area contributed by atoms with Crippen LogP contribution < -0.4 is 5.73 Å². The molecule has 0 bridgehead atoms. The zero-order valence-corrected chi connectivity index (χ0v) is 10.00. The van der Waals surface area contributed by atoms with Gasteiger partial charge >= 0.3 is 0 Å². The van der Waals surface area contributed by atoms with Gasteiger partial charge in [0.25, 0.3) is 0 Å². The average molecular weight is 212 g/mol. The van der Waals surface area contributed by atoms with E-state index in [1.165, 1.54) is 12.8 Å². The molecule has 2 atom stereocenters. The van der Waals surface area contributed by atoms with E-state index in [1.54, 1.807) is 0 Å². The Kier molecular flexibility index (Phi) is 2.82. The lowest BCUT2D eigenvalue weighted by Gasteiger charge is -2.42. The number of hydrogen-bond acceptors (Lipinski definition) is 3. The molecule has 3 heteroatoms. The van der Waals surface area contributed by atoms with Gasteiger partial charge in [0, 0.05) is 24.5 Å². The van der Waals surface area contributed by atoms with E-state index in [2.05, 4.69) is 18.9 Å². The van der Waals surface area contributed by atoms with Gasteiger partial charge in [0.15, 0.2) is 0 Å². The molecule has 0 amide bonds. The molecule has 2 unspecified atom stereocenters. The second kappa shape index (κ2) is 3.72. The molecule has 3 N–H and O–H groups in total. The first-order chi connectivity index (χ1) is 7.03. The van der Waals surface area contributed by atoms with E-state index in [9.17, 15) is 5.11 Å². The summed E-state index contributed by atoms with van der Waals surface area (Å²) in [7, 11) is 2.10. The van der Waals surface area contributed by atoms with Crippen LogP contribution in [0, 0.1) is 5.41 Å². The lowest BCUT2D eigenvalue weighted by molar-refractivity contribution is -0.0679. The van der Waals surface area contributed by atoms with Gasteiger partial charge in [-0.25, -0.2) is 0 Å². The molecule has 0 spiro atoms. The number of nitrogens with zero attached hydrogens (tertiary/aromatic N) is 1. The predicted octanol–water partition coefficient (Wildman–Crippen LogP) is 0.961. The van der Waals surface area contributed by atoms with Crippen molar-refractivity contribution in [2.24, 2.45) is 11.1 Å². The molecule has 15 heavy (non-hydrogen) atoms. The molecule has 0 aromatic rings. The van der Waals surface area contributed by atoms with Crippen LogP contribution in [0.25, 0.3) is 0 Å². The molecule has 2 fully saturated rings. The summed E-state index contributed by atoms with van der Waals surface area (Å²) in [6.45, 7) is 3.63. The summed E-state index contributed by atoms with van der Waals surface area (Å²) in [5, 5.41) is 10.9. The molecule has 1 heterocycles. The summed E-state index contributed by atoms with van der Waals surface area (Å²) >= 11 is 0. The van der Waals surface area contributed by atoms with Crippen LogP contribution in [0.1, 0.15) is 39.0 Å². The van der Waals surface area contributed by atoms with E-state index in [4.69, 9.17) is 5.73 Å². The number of aliphatic hydroxyl groups is 1. The van der Waals surface area contributed by atoms with Gasteiger partial charge < -0.3 is 15.7 Å². The Balaban J connectivity index is 2.21. The Bertz CT molecular complexity index is 226. The first-order valence-electron chi connectivity index (χ1n) is 6.16. The molecule has 1 aliphatic carbocycles. The van der Waals surface area contributed by atoms with Crippen LogP contribution in [0.2, 0.25) is 0 Å². The number of nitrogens with two attached hydrogens (primary N) is 1. The summed E-state index contributed by atoms with van der Waals surface area (Å²) in [5.74, 6) is 0. The summed E-state index contributed by atoms with van der Waals surface area (Å²) in [4.78, 5) is 2.26. The van der Waals surface area contributed by atoms with E-state index in [0.29, 0.717) is 12.6 Å². The normalized spacial score (nSPS) is 41.2. The van der Waals surface area contributed by atoms with Gasteiger partial charge in [-0.2, -0.15) is 0 Å². The average Bonchev–Trinajstić information content (AvgIpc) is 2.74. The van der Waals surface area contributed by atoms with Crippen molar-refractivity contribution in [3.63, 3.8) is 0 Å². The van der Waals surface area contributed by atoms with Gasteiger partial charge in [-0.1, -0.05) is 12.8 Å². The molecule has 0 aromatic heterocycles. The number of likely N-dealkylation sites (N-methyl/N-ethyl adjacent to an activating group) is 1. The summed E-state index contributed by atoms with van der Waals surface area (Å²) in [6, 6.07) is 0.485. The second-order valence-electron chi connectivity index (χ2n) is 5.69. The largest absolute Gasteiger partial charge is 0.388 e. The maximum atomic E-state index is 10.9. The van der Waals surface area contributed by atoms with Gasteiger partial charge in [0.1, 0.15) is 0 Å². The number of rotatable bonds is 2. The van der Waals surface area contributed by atoms with E-state index in [-0.39, 0.29) is 5.41 Å². The Morgan fingerprint density at radius 1 is 1.40 bits per heavy atom. The van der Waals surface area contributed by atoms with E-state index in [0.717, 1.165) is 25.8 Å². The number of hydrogen-bond donors (Lipinski definition) is 2. The highest BCUT2D eigenvalue weighted by Gasteiger charge is 2.54. The van der Waals surface area contributed by atoms with Crippen LogP contribution >= 0.6 is 0 Å². The molecule has 1 saturated carbocycles. The molecule has 88 valence electrons. The molecule has 2 rings (SSSR count). The van der Waals surface area contributed by atoms with Crippen LogP contribution in [-0.4, -0.2) is 41.8 Å². The number of likely N-dealkylation sites (tertiary alicyclic amines) is 1. The van der Waals surface area contributed by atoms with Crippen LogP contribution in [-0.2, 0) is 0 Å². The van der Waals surface area contributed by atoms with Gasteiger partial charge in [0.2, 0.25) is 0 Å². The lowest BCUT2D eigenvalue weighted by atomic mass is 9.69.